The van der Waals surface area contributed by atoms with E-state index in [1.54, 1.807) is 0 Å². The highest BCUT2D eigenvalue weighted by molar-refractivity contribution is 8.08. The summed E-state index contributed by atoms with van der Waals surface area (Å²) in [6, 6.07) is 5.91. The number of hydrogen-bond acceptors (Lipinski definition) is 1. The van der Waals surface area contributed by atoms with Crippen LogP contribution in [0.1, 0.15) is 24.0 Å². The maximum absolute atomic E-state index is 11.0. The molecule has 1 nitrogen and oxygen atoms in total. The lowest BCUT2D eigenvalue weighted by atomic mass is 9.92. The average molecular weight is 215 g/mol. The molecule has 70 valence electrons. The maximum Gasteiger partial charge on any atom is 0.147 e. The number of aryl methyl sites for hydroxylation is 2. The van der Waals surface area contributed by atoms with E-state index < -0.39 is 10.0 Å². The van der Waals surface area contributed by atoms with Crippen molar-refractivity contribution < 1.29 is 4.21 Å². The van der Waals surface area contributed by atoms with E-state index in [1.807, 2.05) is 12.1 Å². The monoisotopic (exact) mass is 214 g/mol. The second-order valence-electron chi connectivity index (χ2n) is 3.36. The van der Waals surface area contributed by atoms with E-state index in [1.165, 1.54) is 24.0 Å². The van der Waals surface area contributed by atoms with E-state index in [9.17, 15) is 4.21 Å². The first-order valence-electron chi connectivity index (χ1n) is 4.47. The van der Waals surface area contributed by atoms with E-state index in [4.69, 9.17) is 10.7 Å². The molecule has 0 radical (unpaired) electrons. The fraction of sp³-hybridized carbons (Fsp3) is 0.400. The summed E-state index contributed by atoms with van der Waals surface area (Å²) < 4.78 is 11.0. The molecule has 1 aromatic carbocycles. The lowest BCUT2D eigenvalue weighted by Gasteiger charge is -2.15. The molecule has 1 unspecified atom stereocenters. The van der Waals surface area contributed by atoms with Crippen LogP contribution in [0.15, 0.2) is 23.1 Å². The highest BCUT2D eigenvalue weighted by atomic mass is 35.7. The normalized spacial score (nSPS) is 17.9. The molecule has 0 saturated heterocycles. The van der Waals surface area contributed by atoms with Gasteiger partial charge in [0.2, 0.25) is 0 Å². The van der Waals surface area contributed by atoms with Crippen LogP contribution in [0, 0.1) is 0 Å². The van der Waals surface area contributed by atoms with Crippen LogP contribution < -0.4 is 0 Å². The van der Waals surface area contributed by atoms with Crippen molar-refractivity contribution in [3.8, 4) is 0 Å². The molecule has 0 bridgehead atoms. The molecule has 1 aliphatic carbocycles. The van der Waals surface area contributed by atoms with Crippen molar-refractivity contribution in [3.05, 3.63) is 29.3 Å². The standard InChI is InChI=1S/C10H11ClOS/c11-13(12)10-6-5-8-3-1-2-4-9(8)7-10/h5-7H,1-4H2. The molecule has 0 aliphatic heterocycles. The molecule has 0 fully saturated rings. The van der Waals surface area contributed by atoms with Gasteiger partial charge in [-0.25, -0.2) is 4.21 Å². The first kappa shape index (κ1) is 9.22. The van der Waals surface area contributed by atoms with Crippen molar-refractivity contribution in [1.82, 2.24) is 0 Å². The molecule has 3 heteroatoms. The third-order valence-corrected chi connectivity index (χ3v) is 3.66. The van der Waals surface area contributed by atoms with E-state index in [-0.39, 0.29) is 0 Å². The maximum atomic E-state index is 11.0. The van der Waals surface area contributed by atoms with Crippen LogP contribution in [-0.4, -0.2) is 4.21 Å². The summed E-state index contributed by atoms with van der Waals surface area (Å²) in [5.74, 6) is 0. The highest BCUT2D eigenvalue weighted by Crippen LogP contribution is 2.24. The highest BCUT2D eigenvalue weighted by Gasteiger charge is 2.10. The number of halogens is 1. The van der Waals surface area contributed by atoms with Gasteiger partial charge in [-0.3, -0.25) is 0 Å². The smallest absolute Gasteiger partial charge is 0.147 e. The summed E-state index contributed by atoms with van der Waals surface area (Å²) in [4.78, 5) is 0.738. The van der Waals surface area contributed by atoms with E-state index in [0.717, 1.165) is 17.7 Å². The zero-order valence-corrected chi connectivity index (χ0v) is 8.83. The average Bonchev–Trinajstić information content (AvgIpc) is 2.17. The lowest BCUT2D eigenvalue weighted by molar-refractivity contribution is 0.680. The first-order chi connectivity index (χ1) is 6.27. The Labute approximate surface area is 85.1 Å². The van der Waals surface area contributed by atoms with Crippen LogP contribution in [-0.2, 0) is 22.9 Å². The first-order valence-corrected chi connectivity index (χ1v) is 6.45. The largest absolute Gasteiger partial charge is 0.237 e. The minimum atomic E-state index is -1.35. The summed E-state index contributed by atoms with van der Waals surface area (Å²) in [7, 11) is 4.16. The van der Waals surface area contributed by atoms with E-state index >= 15 is 0 Å². The predicted octanol–water partition coefficient (Wildman–Crippen LogP) is 2.83. The molecule has 0 N–H and O–H groups in total. The van der Waals surface area contributed by atoms with Crippen LogP contribution in [0.2, 0.25) is 0 Å². The minimum Gasteiger partial charge on any atom is -0.237 e. The summed E-state index contributed by atoms with van der Waals surface area (Å²) in [5, 5.41) is 0. The van der Waals surface area contributed by atoms with Gasteiger partial charge in [-0.05, 0) is 59.6 Å². The Morgan fingerprint density at radius 2 is 1.85 bits per heavy atom. The predicted molar refractivity (Wildman–Crippen MR) is 55.3 cm³/mol. The molecule has 0 heterocycles. The molecule has 2 rings (SSSR count). The van der Waals surface area contributed by atoms with Gasteiger partial charge in [0.25, 0.3) is 0 Å². The summed E-state index contributed by atoms with van der Waals surface area (Å²) in [6.45, 7) is 0. The van der Waals surface area contributed by atoms with Crippen molar-refractivity contribution in [1.29, 1.82) is 0 Å². The van der Waals surface area contributed by atoms with E-state index in [0.29, 0.717) is 0 Å². The topological polar surface area (TPSA) is 17.1 Å². The van der Waals surface area contributed by atoms with Gasteiger partial charge in [-0.2, -0.15) is 0 Å². The van der Waals surface area contributed by atoms with Crippen molar-refractivity contribution in [2.75, 3.05) is 0 Å². The molecular formula is C10H11ClOS. The zero-order valence-electron chi connectivity index (χ0n) is 7.25. The van der Waals surface area contributed by atoms with Gasteiger partial charge in [-0.15, -0.1) is 0 Å². The van der Waals surface area contributed by atoms with Crippen molar-refractivity contribution >= 4 is 20.7 Å². The molecule has 0 amide bonds. The molecule has 13 heavy (non-hydrogen) atoms. The fourth-order valence-electron chi connectivity index (χ4n) is 1.81. The molecule has 1 aromatic rings. The Kier molecular flexibility index (Phi) is 2.70. The Hall–Kier alpha value is -0.340. The summed E-state index contributed by atoms with van der Waals surface area (Å²) >= 11 is 0. The third kappa shape index (κ3) is 1.94. The molecule has 1 atom stereocenters. The van der Waals surface area contributed by atoms with Crippen molar-refractivity contribution in [2.24, 2.45) is 0 Å². The molecule has 0 spiro atoms. The fourth-order valence-corrected chi connectivity index (χ4v) is 2.51. The Balaban J connectivity index is 2.40. The van der Waals surface area contributed by atoms with Gasteiger partial charge in [0.15, 0.2) is 0 Å². The number of hydrogen-bond donors (Lipinski definition) is 0. The van der Waals surface area contributed by atoms with Gasteiger partial charge >= 0.3 is 0 Å². The number of rotatable bonds is 1. The molecular weight excluding hydrogens is 204 g/mol. The zero-order chi connectivity index (χ0) is 9.26. The number of benzene rings is 1. The Morgan fingerprint density at radius 1 is 1.15 bits per heavy atom. The summed E-state index contributed by atoms with van der Waals surface area (Å²) in [6.07, 6.45) is 4.78. The van der Waals surface area contributed by atoms with E-state index in [2.05, 4.69) is 6.07 Å². The van der Waals surface area contributed by atoms with Gasteiger partial charge in [0, 0.05) is 0 Å². The third-order valence-electron chi connectivity index (χ3n) is 2.51. The Bertz CT molecular complexity index is 349. The van der Waals surface area contributed by atoms with Gasteiger partial charge in [0.1, 0.15) is 10.0 Å². The van der Waals surface area contributed by atoms with Gasteiger partial charge in [-0.1, -0.05) is 6.07 Å². The van der Waals surface area contributed by atoms with Crippen LogP contribution in [0.3, 0.4) is 0 Å². The second kappa shape index (κ2) is 3.81. The van der Waals surface area contributed by atoms with Crippen LogP contribution >= 0.6 is 10.7 Å². The van der Waals surface area contributed by atoms with Crippen molar-refractivity contribution in [2.45, 2.75) is 30.6 Å². The van der Waals surface area contributed by atoms with Gasteiger partial charge in [0.05, 0.1) is 4.90 Å². The number of fused-ring (bicyclic) bond motifs is 1. The van der Waals surface area contributed by atoms with Crippen LogP contribution in [0.4, 0.5) is 0 Å². The Morgan fingerprint density at radius 3 is 2.54 bits per heavy atom. The van der Waals surface area contributed by atoms with Gasteiger partial charge < -0.3 is 0 Å². The minimum absolute atomic E-state index is 0.738. The second-order valence-corrected chi connectivity index (χ2v) is 5.12. The molecule has 1 aliphatic rings. The van der Waals surface area contributed by atoms with Crippen LogP contribution in [0.25, 0.3) is 0 Å². The molecule has 0 aromatic heterocycles. The summed E-state index contributed by atoms with van der Waals surface area (Å²) in [5.41, 5.74) is 2.73. The van der Waals surface area contributed by atoms with Crippen molar-refractivity contribution in [3.63, 3.8) is 0 Å². The molecule has 0 saturated carbocycles. The van der Waals surface area contributed by atoms with Crippen LogP contribution in [0.5, 0.6) is 0 Å². The lowest BCUT2D eigenvalue weighted by Crippen LogP contribution is -2.02. The SMILES string of the molecule is O=S(Cl)c1ccc2c(c1)CCCC2. The quantitative estimate of drug-likeness (QED) is 0.657.